The summed E-state index contributed by atoms with van der Waals surface area (Å²) in [6.07, 6.45) is 7.91. The molecule has 2 N–H and O–H groups in total. The fourth-order valence-corrected chi connectivity index (χ4v) is 3.31. The maximum absolute atomic E-state index is 10.5. The summed E-state index contributed by atoms with van der Waals surface area (Å²) in [5, 5.41) is 16.6. The highest BCUT2D eigenvalue weighted by Gasteiger charge is 2.19. The molecule has 0 bridgehead atoms. The van der Waals surface area contributed by atoms with E-state index in [4.69, 9.17) is 9.84 Å². The Morgan fingerprint density at radius 3 is 2.72 bits per heavy atom. The first kappa shape index (κ1) is 17.5. The fraction of sp³-hybridized carbons (Fsp3) is 0.474. The third-order valence-corrected chi connectivity index (χ3v) is 4.61. The molecular weight excluding hydrogens is 318 g/mol. The lowest BCUT2D eigenvalue weighted by molar-refractivity contribution is -0.139. The lowest BCUT2D eigenvalue weighted by Crippen LogP contribution is -2.20. The van der Waals surface area contributed by atoms with Crippen LogP contribution in [-0.2, 0) is 17.8 Å². The predicted molar refractivity (Wildman–Crippen MR) is 94.7 cm³/mol. The van der Waals surface area contributed by atoms with Crippen molar-refractivity contribution in [3.63, 3.8) is 0 Å². The van der Waals surface area contributed by atoms with Crippen LogP contribution in [0.25, 0.3) is 0 Å². The SMILES string of the molecule is O=C(O)COc1ccc(CCNCc2ccnn2C2CCCC2)cc1. The second-order valence-corrected chi connectivity index (χ2v) is 6.46. The molecule has 1 aliphatic carbocycles. The van der Waals surface area contributed by atoms with Crippen molar-refractivity contribution in [3.8, 4) is 5.75 Å². The van der Waals surface area contributed by atoms with Gasteiger partial charge in [0.05, 0.1) is 11.7 Å². The van der Waals surface area contributed by atoms with E-state index < -0.39 is 5.97 Å². The Hall–Kier alpha value is -2.34. The molecule has 0 aliphatic heterocycles. The molecule has 1 fully saturated rings. The van der Waals surface area contributed by atoms with Crippen LogP contribution >= 0.6 is 0 Å². The minimum atomic E-state index is -0.967. The van der Waals surface area contributed by atoms with Gasteiger partial charge in [0, 0.05) is 12.7 Å². The molecule has 0 amide bonds. The van der Waals surface area contributed by atoms with Gasteiger partial charge in [-0.1, -0.05) is 25.0 Å². The molecule has 2 aromatic rings. The van der Waals surface area contributed by atoms with Crippen molar-refractivity contribution >= 4 is 5.97 Å². The second-order valence-electron chi connectivity index (χ2n) is 6.46. The van der Waals surface area contributed by atoms with E-state index in [2.05, 4.69) is 21.2 Å². The van der Waals surface area contributed by atoms with Crippen molar-refractivity contribution in [1.82, 2.24) is 15.1 Å². The fourth-order valence-electron chi connectivity index (χ4n) is 3.31. The first-order chi connectivity index (χ1) is 12.2. The molecule has 0 saturated heterocycles. The average molecular weight is 343 g/mol. The van der Waals surface area contributed by atoms with E-state index in [1.54, 1.807) is 0 Å². The molecular formula is C19H25N3O3. The summed E-state index contributed by atoms with van der Waals surface area (Å²) in [7, 11) is 0. The van der Waals surface area contributed by atoms with Crippen LogP contribution in [0.5, 0.6) is 5.75 Å². The van der Waals surface area contributed by atoms with Gasteiger partial charge in [0.2, 0.25) is 0 Å². The van der Waals surface area contributed by atoms with E-state index in [9.17, 15) is 4.79 Å². The van der Waals surface area contributed by atoms with Crippen molar-refractivity contribution in [3.05, 3.63) is 47.8 Å². The molecule has 0 radical (unpaired) electrons. The molecule has 3 rings (SSSR count). The van der Waals surface area contributed by atoms with Crippen LogP contribution < -0.4 is 10.1 Å². The van der Waals surface area contributed by atoms with Crippen molar-refractivity contribution < 1.29 is 14.6 Å². The van der Waals surface area contributed by atoms with Crippen LogP contribution in [0.15, 0.2) is 36.5 Å². The molecule has 6 heteroatoms. The molecule has 1 heterocycles. The van der Waals surface area contributed by atoms with Gasteiger partial charge in [0.1, 0.15) is 5.75 Å². The molecule has 1 aliphatic rings. The Bertz CT molecular complexity index is 675. The maximum Gasteiger partial charge on any atom is 0.341 e. The zero-order chi connectivity index (χ0) is 17.5. The van der Waals surface area contributed by atoms with Crippen molar-refractivity contribution in [2.75, 3.05) is 13.2 Å². The molecule has 1 aromatic heterocycles. The Morgan fingerprint density at radius 2 is 2.00 bits per heavy atom. The quantitative estimate of drug-likeness (QED) is 0.685. The lowest BCUT2D eigenvalue weighted by atomic mass is 10.1. The van der Waals surface area contributed by atoms with Crippen LogP contribution in [0, 0.1) is 0 Å². The van der Waals surface area contributed by atoms with Crippen LogP contribution in [0.4, 0.5) is 0 Å². The predicted octanol–water partition coefficient (Wildman–Crippen LogP) is 2.79. The first-order valence-electron chi connectivity index (χ1n) is 8.89. The van der Waals surface area contributed by atoms with Crippen molar-refractivity contribution in [1.29, 1.82) is 0 Å². The van der Waals surface area contributed by atoms with Gasteiger partial charge in [-0.2, -0.15) is 5.10 Å². The summed E-state index contributed by atoms with van der Waals surface area (Å²) in [5.41, 5.74) is 2.45. The topological polar surface area (TPSA) is 76.4 Å². The Morgan fingerprint density at radius 1 is 1.24 bits per heavy atom. The lowest BCUT2D eigenvalue weighted by Gasteiger charge is -2.14. The highest BCUT2D eigenvalue weighted by atomic mass is 16.5. The molecule has 25 heavy (non-hydrogen) atoms. The van der Waals surface area contributed by atoms with Crippen molar-refractivity contribution in [2.24, 2.45) is 0 Å². The Balaban J connectivity index is 1.41. The molecule has 6 nitrogen and oxygen atoms in total. The summed E-state index contributed by atoms with van der Waals surface area (Å²) in [5.74, 6) is -0.385. The number of carboxylic acid groups (broad SMARTS) is 1. The third-order valence-electron chi connectivity index (χ3n) is 4.61. The number of hydrogen-bond acceptors (Lipinski definition) is 4. The summed E-state index contributed by atoms with van der Waals surface area (Å²) in [6, 6.07) is 10.2. The number of carbonyl (C=O) groups is 1. The van der Waals surface area contributed by atoms with E-state index >= 15 is 0 Å². The second kappa shape index (κ2) is 8.67. The van der Waals surface area contributed by atoms with Crippen LogP contribution in [-0.4, -0.2) is 34.0 Å². The van der Waals surface area contributed by atoms with Crippen molar-refractivity contribution in [2.45, 2.75) is 44.7 Å². The normalized spacial score (nSPS) is 14.7. The molecule has 1 saturated carbocycles. The van der Waals surface area contributed by atoms with Gasteiger partial charge < -0.3 is 15.2 Å². The number of hydrogen-bond donors (Lipinski definition) is 2. The van der Waals surface area contributed by atoms with Gasteiger partial charge >= 0.3 is 5.97 Å². The van der Waals surface area contributed by atoms with Gasteiger partial charge in [-0.05, 0) is 49.6 Å². The van der Waals surface area contributed by atoms with E-state index in [0.717, 1.165) is 19.5 Å². The van der Waals surface area contributed by atoms with Gasteiger partial charge in [-0.15, -0.1) is 0 Å². The largest absolute Gasteiger partial charge is 0.482 e. The number of aromatic nitrogens is 2. The van der Waals surface area contributed by atoms with E-state index in [1.807, 2.05) is 30.5 Å². The molecule has 134 valence electrons. The van der Waals surface area contributed by atoms with Gasteiger partial charge in [-0.3, -0.25) is 4.68 Å². The summed E-state index contributed by atoms with van der Waals surface area (Å²) in [4.78, 5) is 10.5. The van der Waals surface area contributed by atoms with Gasteiger partial charge in [0.25, 0.3) is 0 Å². The number of carboxylic acids is 1. The number of nitrogens with zero attached hydrogens (tertiary/aromatic N) is 2. The smallest absolute Gasteiger partial charge is 0.341 e. The number of ether oxygens (including phenoxy) is 1. The third kappa shape index (κ3) is 5.06. The Labute approximate surface area is 147 Å². The monoisotopic (exact) mass is 343 g/mol. The van der Waals surface area contributed by atoms with E-state index in [-0.39, 0.29) is 6.61 Å². The first-order valence-corrected chi connectivity index (χ1v) is 8.89. The maximum atomic E-state index is 10.5. The van der Waals surface area contributed by atoms with Gasteiger partial charge in [0.15, 0.2) is 6.61 Å². The highest BCUT2D eigenvalue weighted by Crippen LogP contribution is 2.29. The summed E-state index contributed by atoms with van der Waals surface area (Å²) in [6.45, 7) is 1.40. The van der Waals surface area contributed by atoms with E-state index in [0.29, 0.717) is 11.8 Å². The van der Waals surface area contributed by atoms with Crippen LogP contribution in [0.1, 0.15) is 43.0 Å². The number of aliphatic carboxylic acids is 1. The minimum absolute atomic E-state index is 0.310. The summed E-state index contributed by atoms with van der Waals surface area (Å²) >= 11 is 0. The zero-order valence-corrected chi connectivity index (χ0v) is 14.4. The standard InChI is InChI=1S/C19H25N3O3/c23-19(24)14-25-18-7-5-15(6-8-18)9-11-20-13-17-10-12-21-22(17)16-3-1-2-4-16/h5-8,10,12,16,20H,1-4,9,11,13-14H2,(H,23,24). The van der Waals surface area contributed by atoms with Crippen LogP contribution in [0.2, 0.25) is 0 Å². The molecule has 1 aromatic carbocycles. The zero-order valence-electron chi connectivity index (χ0n) is 14.4. The average Bonchev–Trinajstić information content (AvgIpc) is 3.29. The van der Waals surface area contributed by atoms with E-state index in [1.165, 1.54) is 36.9 Å². The molecule has 0 atom stereocenters. The molecule has 0 spiro atoms. The number of benzene rings is 1. The summed E-state index contributed by atoms with van der Waals surface area (Å²) < 4.78 is 7.32. The minimum Gasteiger partial charge on any atom is -0.482 e. The molecule has 0 unspecified atom stereocenters. The Kier molecular flexibility index (Phi) is 6.06. The van der Waals surface area contributed by atoms with Crippen LogP contribution in [0.3, 0.4) is 0 Å². The van der Waals surface area contributed by atoms with Gasteiger partial charge in [-0.25, -0.2) is 4.79 Å². The highest BCUT2D eigenvalue weighted by molar-refractivity contribution is 5.68. The number of rotatable bonds is 9. The number of nitrogens with one attached hydrogen (secondary N) is 1.